The number of carbonyl (C=O) groups excluding carboxylic acids is 1. The van der Waals surface area contributed by atoms with E-state index in [-0.39, 0.29) is 11.7 Å². The molecule has 1 amide bonds. The van der Waals surface area contributed by atoms with Crippen LogP contribution in [0.4, 0.5) is 5.69 Å². The average Bonchev–Trinajstić information content (AvgIpc) is 3.14. The number of nitrogens with one attached hydrogen (secondary N) is 1. The van der Waals surface area contributed by atoms with Crippen molar-refractivity contribution in [3.63, 3.8) is 0 Å². The molecule has 0 spiro atoms. The number of hydrogen-bond acceptors (Lipinski definition) is 6. The van der Waals surface area contributed by atoms with E-state index in [9.17, 15) is 4.79 Å². The molecule has 4 aromatic rings. The normalized spacial score (nSPS) is 11.2. The van der Waals surface area contributed by atoms with Crippen LogP contribution in [0, 0.1) is 6.92 Å². The predicted octanol–water partition coefficient (Wildman–Crippen LogP) is 4.01. The highest BCUT2D eigenvalue weighted by atomic mass is 32.2. The first-order chi connectivity index (χ1) is 11.7. The fraction of sp³-hybridized carbons (Fsp3) is 0.118. The molecule has 120 valence electrons. The molecule has 0 saturated heterocycles. The Hall–Kier alpha value is -2.80. The van der Waals surface area contributed by atoms with Gasteiger partial charge in [0.1, 0.15) is 11.0 Å². The van der Waals surface area contributed by atoms with Crippen LogP contribution in [-0.2, 0) is 4.79 Å². The van der Waals surface area contributed by atoms with Gasteiger partial charge in [-0.3, -0.25) is 4.79 Å². The second-order valence-electron chi connectivity index (χ2n) is 5.20. The summed E-state index contributed by atoms with van der Waals surface area (Å²) in [5, 5.41) is 3.32. The molecule has 0 aliphatic rings. The largest absolute Gasteiger partial charge is 0.441 e. The van der Waals surface area contributed by atoms with Crippen molar-refractivity contribution in [2.45, 2.75) is 12.1 Å². The maximum atomic E-state index is 12.1. The summed E-state index contributed by atoms with van der Waals surface area (Å²) < 4.78 is 11.0. The van der Waals surface area contributed by atoms with Crippen molar-refractivity contribution >= 4 is 45.6 Å². The molecular weight excluding hydrogens is 326 g/mol. The molecule has 2 aromatic carbocycles. The molecular formula is C17H13N3O3S. The quantitative estimate of drug-likeness (QED) is 0.566. The Morgan fingerprint density at radius 1 is 1.08 bits per heavy atom. The summed E-state index contributed by atoms with van der Waals surface area (Å²) in [4.78, 5) is 20.7. The summed E-state index contributed by atoms with van der Waals surface area (Å²) in [7, 11) is 0. The number of fused-ring (bicyclic) bond motifs is 2. The summed E-state index contributed by atoms with van der Waals surface area (Å²) in [6.45, 7) is 1.79. The van der Waals surface area contributed by atoms with Crippen molar-refractivity contribution in [3.05, 3.63) is 48.4 Å². The Bertz CT molecular complexity index is 1000. The second-order valence-corrected chi connectivity index (χ2v) is 6.13. The molecule has 2 aromatic heterocycles. The zero-order valence-electron chi connectivity index (χ0n) is 12.8. The summed E-state index contributed by atoms with van der Waals surface area (Å²) in [5.41, 5.74) is 3.60. The Balaban J connectivity index is 1.41. The van der Waals surface area contributed by atoms with Crippen molar-refractivity contribution in [2.24, 2.45) is 0 Å². The number of rotatable bonds is 4. The van der Waals surface area contributed by atoms with E-state index in [1.54, 1.807) is 25.1 Å². The fourth-order valence-electron chi connectivity index (χ4n) is 2.36. The zero-order valence-corrected chi connectivity index (χ0v) is 13.6. The maximum Gasteiger partial charge on any atom is 0.257 e. The minimum Gasteiger partial charge on any atom is -0.441 e. The van der Waals surface area contributed by atoms with Gasteiger partial charge in [-0.2, -0.15) is 0 Å². The summed E-state index contributed by atoms with van der Waals surface area (Å²) in [5.74, 6) is 0.671. The SMILES string of the molecule is Cc1nc2cc(NC(=O)CSc3nc4ccccc4o3)ccc2o1. The summed E-state index contributed by atoms with van der Waals surface area (Å²) in [6, 6.07) is 12.9. The maximum absolute atomic E-state index is 12.1. The number of carbonyl (C=O) groups is 1. The van der Waals surface area contributed by atoms with Gasteiger partial charge in [0, 0.05) is 12.6 Å². The minimum atomic E-state index is -0.137. The molecule has 2 heterocycles. The number of anilines is 1. The molecule has 0 atom stereocenters. The monoisotopic (exact) mass is 339 g/mol. The van der Waals surface area contributed by atoms with Gasteiger partial charge in [-0.05, 0) is 30.3 Å². The lowest BCUT2D eigenvalue weighted by molar-refractivity contribution is -0.113. The van der Waals surface area contributed by atoms with Crippen molar-refractivity contribution in [3.8, 4) is 0 Å². The highest BCUT2D eigenvalue weighted by Gasteiger charge is 2.10. The molecule has 0 fully saturated rings. The molecule has 24 heavy (non-hydrogen) atoms. The van der Waals surface area contributed by atoms with E-state index in [0.717, 1.165) is 11.0 Å². The van der Waals surface area contributed by atoms with Crippen molar-refractivity contribution in [1.29, 1.82) is 0 Å². The first-order valence-corrected chi connectivity index (χ1v) is 8.31. The Kier molecular flexibility index (Phi) is 3.70. The van der Waals surface area contributed by atoms with E-state index >= 15 is 0 Å². The Morgan fingerprint density at radius 3 is 2.79 bits per heavy atom. The second kappa shape index (κ2) is 6.01. The number of benzene rings is 2. The van der Waals surface area contributed by atoms with Gasteiger partial charge in [0.25, 0.3) is 5.22 Å². The number of para-hydroxylation sites is 2. The topological polar surface area (TPSA) is 81.2 Å². The molecule has 0 bridgehead atoms. The third-order valence-corrected chi connectivity index (χ3v) is 4.21. The molecule has 0 aliphatic heterocycles. The van der Waals surface area contributed by atoms with Crippen LogP contribution >= 0.6 is 11.8 Å². The third kappa shape index (κ3) is 2.98. The lowest BCUT2D eigenvalue weighted by atomic mass is 10.3. The summed E-state index contributed by atoms with van der Waals surface area (Å²) in [6.07, 6.45) is 0. The molecule has 0 unspecified atom stereocenters. The first-order valence-electron chi connectivity index (χ1n) is 7.33. The van der Waals surface area contributed by atoms with Gasteiger partial charge < -0.3 is 14.2 Å². The average molecular weight is 339 g/mol. The molecule has 0 saturated carbocycles. The minimum absolute atomic E-state index is 0.137. The number of nitrogens with zero attached hydrogens (tertiary/aromatic N) is 2. The predicted molar refractivity (Wildman–Crippen MR) is 92.1 cm³/mol. The standard InChI is InChI=1S/C17H13N3O3S/c1-10-18-13-8-11(6-7-15(13)22-10)19-16(21)9-24-17-20-12-4-2-3-5-14(12)23-17/h2-8H,9H2,1H3,(H,19,21). The van der Waals surface area contributed by atoms with E-state index in [1.165, 1.54) is 11.8 Å². The van der Waals surface area contributed by atoms with Crippen LogP contribution in [0.5, 0.6) is 0 Å². The first kappa shape index (κ1) is 14.8. The number of oxazole rings is 2. The van der Waals surface area contributed by atoms with Crippen LogP contribution in [0.1, 0.15) is 5.89 Å². The van der Waals surface area contributed by atoms with E-state index < -0.39 is 0 Å². The van der Waals surface area contributed by atoms with Crippen LogP contribution in [0.3, 0.4) is 0 Å². The van der Waals surface area contributed by atoms with Crippen molar-refractivity contribution in [1.82, 2.24) is 9.97 Å². The Morgan fingerprint density at radius 2 is 1.92 bits per heavy atom. The van der Waals surface area contributed by atoms with E-state index in [1.807, 2.05) is 24.3 Å². The van der Waals surface area contributed by atoms with Crippen LogP contribution < -0.4 is 5.32 Å². The number of hydrogen-bond donors (Lipinski definition) is 1. The molecule has 0 aliphatic carbocycles. The highest BCUT2D eigenvalue weighted by molar-refractivity contribution is 7.99. The van der Waals surface area contributed by atoms with Crippen LogP contribution in [0.25, 0.3) is 22.2 Å². The van der Waals surface area contributed by atoms with Crippen LogP contribution in [-0.4, -0.2) is 21.6 Å². The third-order valence-electron chi connectivity index (χ3n) is 3.38. The van der Waals surface area contributed by atoms with Crippen molar-refractivity contribution < 1.29 is 13.6 Å². The van der Waals surface area contributed by atoms with E-state index in [0.29, 0.717) is 28.0 Å². The lowest BCUT2D eigenvalue weighted by Gasteiger charge is -2.03. The molecule has 7 heteroatoms. The van der Waals surface area contributed by atoms with Gasteiger partial charge >= 0.3 is 0 Å². The smallest absolute Gasteiger partial charge is 0.257 e. The number of aromatic nitrogens is 2. The van der Waals surface area contributed by atoms with Gasteiger partial charge in [0.05, 0.1) is 5.75 Å². The fourth-order valence-corrected chi connectivity index (χ4v) is 3.00. The van der Waals surface area contributed by atoms with Gasteiger partial charge in [-0.1, -0.05) is 23.9 Å². The number of thioether (sulfide) groups is 1. The van der Waals surface area contributed by atoms with Gasteiger partial charge in [-0.25, -0.2) is 9.97 Å². The van der Waals surface area contributed by atoms with Gasteiger partial charge in [0.2, 0.25) is 5.91 Å². The number of amides is 1. The molecule has 4 rings (SSSR count). The van der Waals surface area contributed by atoms with Crippen molar-refractivity contribution in [2.75, 3.05) is 11.1 Å². The number of aryl methyl sites for hydroxylation is 1. The zero-order chi connectivity index (χ0) is 16.5. The molecule has 0 radical (unpaired) electrons. The lowest BCUT2D eigenvalue weighted by Crippen LogP contribution is -2.13. The highest BCUT2D eigenvalue weighted by Crippen LogP contribution is 2.24. The molecule has 1 N–H and O–H groups in total. The van der Waals surface area contributed by atoms with E-state index in [2.05, 4.69) is 15.3 Å². The van der Waals surface area contributed by atoms with E-state index in [4.69, 9.17) is 8.83 Å². The van der Waals surface area contributed by atoms with Crippen LogP contribution in [0.2, 0.25) is 0 Å². The van der Waals surface area contributed by atoms with Gasteiger partial charge in [-0.15, -0.1) is 0 Å². The summed E-state index contributed by atoms with van der Waals surface area (Å²) >= 11 is 1.26. The Labute approximate surface area is 141 Å². The van der Waals surface area contributed by atoms with Crippen LogP contribution in [0.15, 0.2) is 56.5 Å². The van der Waals surface area contributed by atoms with Gasteiger partial charge in [0.15, 0.2) is 17.1 Å². The molecule has 6 nitrogen and oxygen atoms in total.